The lowest BCUT2D eigenvalue weighted by molar-refractivity contribution is 0.555. The number of aryl methyl sites for hydroxylation is 3. The van der Waals surface area contributed by atoms with Crippen LogP contribution in [0.25, 0.3) is 0 Å². The first-order chi connectivity index (χ1) is 14.2. The number of hydrogen-bond donors (Lipinski definition) is 2. The molecule has 7 heteroatoms. The second-order valence-electron chi connectivity index (χ2n) is 7.08. The molecule has 0 amide bonds. The van der Waals surface area contributed by atoms with E-state index in [1.165, 1.54) is 11.3 Å². The smallest absolute Gasteiger partial charge is 0.191 e. The third-order valence-corrected chi connectivity index (χ3v) is 4.66. The van der Waals surface area contributed by atoms with Gasteiger partial charge in [-0.1, -0.05) is 30.3 Å². The van der Waals surface area contributed by atoms with E-state index in [1.807, 2.05) is 25.4 Å². The van der Waals surface area contributed by atoms with E-state index in [4.69, 9.17) is 4.99 Å². The summed E-state index contributed by atoms with van der Waals surface area (Å²) in [4.78, 5) is 9.19. The van der Waals surface area contributed by atoms with Gasteiger partial charge in [0.25, 0.3) is 0 Å². The number of aliphatic imine (C=N–C) groups is 1. The second kappa shape index (κ2) is 10.5. The lowest BCUT2D eigenvalue weighted by Crippen LogP contribution is -2.38. The van der Waals surface area contributed by atoms with Crippen LogP contribution in [0.3, 0.4) is 0 Å². The van der Waals surface area contributed by atoms with Crippen LogP contribution < -0.4 is 10.6 Å². The van der Waals surface area contributed by atoms with Crippen molar-refractivity contribution in [2.45, 2.75) is 46.8 Å². The Labute approximate surface area is 172 Å². The van der Waals surface area contributed by atoms with Crippen molar-refractivity contribution in [2.75, 3.05) is 13.1 Å². The van der Waals surface area contributed by atoms with Crippen molar-refractivity contribution in [1.29, 1.82) is 0 Å². The van der Waals surface area contributed by atoms with Crippen LogP contribution in [0.1, 0.15) is 36.1 Å². The SMILES string of the molecule is CCNC(=NCc1nccn1Cc1ccccc1)NCCCn1nc(C)cc1C. The summed E-state index contributed by atoms with van der Waals surface area (Å²) in [5, 5.41) is 11.2. The molecule has 3 rings (SSSR count). The van der Waals surface area contributed by atoms with E-state index in [9.17, 15) is 0 Å². The molecule has 0 saturated carbocycles. The number of guanidine groups is 1. The van der Waals surface area contributed by atoms with Crippen molar-refractivity contribution in [3.05, 3.63) is 71.6 Å². The molecule has 1 aromatic carbocycles. The van der Waals surface area contributed by atoms with E-state index in [2.05, 4.69) is 74.1 Å². The largest absolute Gasteiger partial charge is 0.357 e. The van der Waals surface area contributed by atoms with Gasteiger partial charge in [0.2, 0.25) is 0 Å². The molecule has 0 aliphatic heterocycles. The van der Waals surface area contributed by atoms with Crippen LogP contribution in [0.5, 0.6) is 0 Å². The third-order valence-electron chi connectivity index (χ3n) is 4.66. The molecule has 0 bridgehead atoms. The Morgan fingerprint density at radius 1 is 1.14 bits per heavy atom. The quantitative estimate of drug-likeness (QED) is 0.333. The molecule has 0 fully saturated rings. The Hall–Kier alpha value is -3.09. The number of imidazole rings is 1. The number of aromatic nitrogens is 4. The van der Waals surface area contributed by atoms with Crippen LogP contribution in [0, 0.1) is 13.8 Å². The summed E-state index contributed by atoms with van der Waals surface area (Å²) in [6.07, 6.45) is 4.82. The van der Waals surface area contributed by atoms with Crippen LogP contribution >= 0.6 is 0 Å². The lowest BCUT2D eigenvalue weighted by Gasteiger charge is -2.12. The molecule has 0 unspecified atom stereocenters. The first-order valence-corrected chi connectivity index (χ1v) is 10.2. The van der Waals surface area contributed by atoms with Crippen molar-refractivity contribution in [3.63, 3.8) is 0 Å². The van der Waals surface area contributed by atoms with Crippen LogP contribution in [0.4, 0.5) is 0 Å². The van der Waals surface area contributed by atoms with Crippen molar-refractivity contribution in [3.8, 4) is 0 Å². The molecule has 2 aromatic heterocycles. The predicted octanol–water partition coefficient (Wildman–Crippen LogP) is 2.89. The summed E-state index contributed by atoms with van der Waals surface area (Å²) in [5.41, 5.74) is 3.52. The Morgan fingerprint density at radius 3 is 2.69 bits per heavy atom. The van der Waals surface area contributed by atoms with Crippen molar-refractivity contribution in [1.82, 2.24) is 30.0 Å². The van der Waals surface area contributed by atoms with E-state index in [0.717, 1.165) is 50.1 Å². The average Bonchev–Trinajstić information content (AvgIpc) is 3.29. The number of nitrogens with one attached hydrogen (secondary N) is 2. The van der Waals surface area contributed by atoms with Gasteiger partial charge in [-0.3, -0.25) is 4.68 Å². The molecule has 2 heterocycles. The molecule has 0 spiro atoms. The maximum absolute atomic E-state index is 4.71. The maximum Gasteiger partial charge on any atom is 0.191 e. The van der Waals surface area contributed by atoms with Gasteiger partial charge in [0, 0.05) is 44.3 Å². The minimum absolute atomic E-state index is 0.534. The normalized spacial score (nSPS) is 11.6. The lowest BCUT2D eigenvalue weighted by atomic mass is 10.2. The Morgan fingerprint density at radius 2 is 1.97 bits per heavy atom. The van der Waals surface area contributed by atoms with Gasteiger partial charge in [-0.05, 0) is 38.8 Å². The molecule has 0 saturated heterocycles. The zero-order valence-corrected chi connectivity index (χ0v) is 17.6. The molecule has 0 radical (unpaired) electrons. The first kappa shape index (κ1) is 20.6. The Balaban J connectivity index is 1.53. The highest BCUT2D eigenvalue weighted by Gasteiger charge is 2.05. The van der Waals surface area contributed by atoms with Crippen LogP contribution in [-0.4, -0.2) is 38.4 Å². The van der Waals surface area contributed by atoms with Crippen molar-refractivity contribution >= 4 is 5.96 Å². The van der Waals surface area contributed by atoms with Gasteiger partial charge < -0.3 is 15.2 Å². The van der Waals surface area contributed by atoms with Gasteiger partial charge in [-0.2, -0.15) is 5.10 Å². The highest BCUT2D eigenvalue weighted by Crippen LogP contribution is 2.06. The number of rotatable bonds is 9. The Bertz CT molecular complexity index is 908. The summed E-state index contributed by atoms with van der Waals surface area (Å²) in [6, 6.07) is 12.5. The topological polar surface area (TPSA) is 72.1 Å². The van der Waals surface area contributed by atoms with Gasteiger partial charge in [0.1, 0.15) is 12.4 Å². The van der Waals surface area contributed by atoms with Crippen molar-refractivity contribution < 1.29 is 0 Å². The zero-order chi connectivity index (χ0) is 20.5. The van der Waals surface area contributed by atoms with Crippen LogP contribution in [0.2, 0.25) is 0 Å². The Kier molecular flexibility index (Phi) is 7.44. The highest BCUT2D eigenvalue weighted by atomic mass is 15.3. The molecule has 0 atom stereocenters. The van der Waals surface area contributed by atoms with Gasteiger partial charge >= 0.3 is 0 Å². The molecule has 2 N–H and O–H groups in total. The molecule has 7 nitrogen and oxygen atoms in total. The highest BCUT2D eigenvalue weighted by molar-refractivity contribution is 5.79. The fraction of sp³-hybridized carbons (Fsp3) is 0.409. The monoisotopic (exact) mass is 393 g/mol. The van der Waals surface area contributed by atoms with Crippen molar-refractivity contribution in [2.24, 2.45) is 4.99 Å². The first-order valence-electron chi connectivity index (χ1n) is 10.2. The molecule has 0 aliphatic carbocycles. The van der Waals surface area contributed by atoms with E-state index in [1.54, 1.807) is 0 Å². The molecule has 3 aromatic rings. The van der Waals surface area contributed by atoms with Crippen LogP contribution in [0.15, 0.2) is 53.8 Å². The average molecular weight is 394 g/mol. The third kappa shape index (κ3) is 6.20. The number of nitrogens with zero attached hydrogens (tertiary/aromatic N) is 5. The maximum atomic E-state index is 4.71. The molecule has 0 aliphatic rings. The summed E-state index contributed by atoms with van der Waals surface area (Å²) in [5.74, 6) is 1.77. The summed E-state index contributed by atoms with van der Waals surface area (Å²) >= 11 is 0. The minimum Gasteiger partial charge on any atom is -0.357 e. The summed E-state index contributed by atoms with van der Waals surface area (Å²) < 4.78 is 4.20. The van der Waals surface area contributed by atoms with Gasteiger partial charge in [0.15, 0.2) is 5.96 Å². The molecular formula is C22H31N7. The van der Waals surface area contributed by atoms with E-state index < -0.39 is 0 Å². The molecular weight excluding hydrogens is 362 g/mol. The molecule has 29 heavy (non-hydrogen) atoms. The van der Waals surface area contributed by atoms with Crippen LogP contribution in [-0.2, 0) is 19.6 Å². The van der Waals surface area contributed by atoms with E-state index in [-0.39, 0.29) is 0 Å². The fourth-order valence-corrected chi connectivity index (χ4v) is 3.24. The van der Waals surface area contributed by atoms with E-state index >= 15 is 0 Å². The van der Waals surface area contributed by atoms with Gasteiger partial charge in [-0.25, -0.2) is 9.98 Å². The van der Waals surface area contributed by atoms with Gasteiger partial charge in [0.05, 0.1) is 5.69 Å². The molecule has 154 valence electrons. The summed E-state index contributed by atoms with van der Waals surface area (Å²) in [6.45, 7) is 10.1. The predicted molar refractivity (Wildman–Crippen MR) is 117 cm³/mol. The fourth-order valence-electron chi connectivity index (χ4n) is 3.24. The second-order valence-corrected chi connectivity index (χ2v) is 7.08. The standard InChI is InChI=1S/C22H31N7/c1-4-23-22(25-11-8-13-29-19(3)15-18(2)27-29)26-16-21-24-12-14-28(21)17-20-9-6-5-7-10-20/h5-7,9-10,12,14-15H,4,8,11,13,16-17H2,1-3H3,(H2,23,25,26). The summed E-state index contributed by atoms with van der Waals surface area (Å²) in [7, 11) is 0. The zero-order valence-electron chi connectivity index (χ0n) is 17.6. The number of benzene rings is 1. The number of hydrogen-bond acceptors (Lipinski definition) is 3. The van der Waals surface area contributed by atoms with E-state index in [0.29, 0.717) is 6.54 Å². The van der Waals surface area contributed by atoms with Gasteiger partial charge in [-0.15, -0.1) is 0 Å². The minimum atomic E-state index is 0.534.